The third kappa shape index (κ3) is 4.82. The van der Waals surface area contributed by atoms with Crippen LogP contribution in [0.15, 0.2) is 47.5 Å². The lowest BCUT2D eigenvalue weighted by Crippen LogP contribution is -2.31. The number of benzene rings is 2. The second kappa shape index (κ2) is 9.01. The third-order valence-corrected chi connectivity index (χ3v) is 6.24. The van der Waals surface area contributed by atoms with E-state index in [1.165, 1.54) is 31.0 Å². The Hall–Kier alpha value is -2.31. The number of anilines is 2. The Morgan fingerprint density at radius 3 is 2.72 bits per heavy atom. The molecule has 0 atom stereocenters. The molecular formula is C22H23ClN4OS. The van der Waals surface area contributed by atoms with Crippen LogP contribution in [0.3, 0.4) is 0 Å². The molecule has 150 valence electrons. The number of nitrogens with one attached hydrogen (secondary N) is 1. The second-order valence-corrected chi connectivity index (χ2v) is 8.59. The normalized spacial score (nSPS) is 14.2. The molecule has 0 spiro atoms. The van der Waals surface area contributed by atoms with Crippen molar-refractivity contribution in [2.75, 3.05) is 29.1 Å². The molecule has 1 N–H and O–H groups in total. The summed E-state index contributed by atoms with van der Waals surface area (Å²) in [5, 5.41) is 5.24. The first-order chi connectivity index (χ1) is 14.1. The van der Waals surface area contributed by atoms with Gasteiger partial charge in [-0.25, -0.2) is 9.97 Å². The van der Waals surface area contributed by atoms with Crippen LogP contribution in [0.25, 0.3) is 10.9 Å². The van der Waals surface area contributed by atoms with E-state index >= 15 is 0 Å². The van der Waals surface area contributed by atoms with E-state index in [4.69, 9.17) is 21.6 Å². The number of carbonyl (C=O) groups excluding carboxylic acids is 1. The van der Waals surface area contributed by atoms with E-state index in [1.54, 1.807) is 0 Å². The zero-order chi connectivity index (χ0) is 20.2. The average molecular weight is 427 g/mol. The van der Waals surface area contributed by atoms with Crippen LogP contribution in [0, 0.1) is 6.92 Å². The topological polar surface area (TPSA) is 58.1 Å². The molecule has 1 aliphatic rings. The number of nitrogens with zero attached hydrogens (tertiary/aromatic N) is 3. The van der Waals surface area contributed by atoms with Crippen LogP contribution in [-0.4, -0.2) is 34.7 Å². The molecule has 2 aromatic carbocycles. The molecule has 7 heteroatoms. The second-order valence-electron chi connectivity index (χ2n) is 7.21. The Kier molecular flexibility index (Phi) is 6.21. The van der Waals surface area contributed by atoms with Gasteiger partial charge in [0.2, 0.25) is 11.9 Å². The van der Waals surface area contributed by atoms with Crippen molar-refractivity contribution in [1.82, 2.24) is 9.97 Å². The number of rotatable bonds is 5. The van der Waals surface area contributed by atoms with Gasteiger partial charge < -0.3 is 10.2 Å². The quantitative estimate of drug-likeness (QED) is 0.442. The lowest BCUT2D eigenvalue weighted by atomic mass is 10.1. The van der Waals surface area contributed by atoms with Crippen molar-refractivity contribution >= 4 is 51.8 Å². The van der Waals surface area contributed by atoms with Crippen LogP contribution in [0.4, 0.5) is 11.6 Å². The van der Waals surface area contributed by atoms with Crippen LogP contribution in [0.5, 0.6) is 0 Å². The minimum absolute atomic E-state index is 0.108. The number of piperidine rings is 1. The zero-order valence-corrected chi connectivity index (χ0v) is 17.9. The number of halogens is 1. The molecule has 1 saturated heterocycles. The van der Waals surface area contributed by atoms with Crippen LogP contribution in [0.2, 0.25) is 5.02 Å². The lowest BCUT2D eigenvalue weighted by molar-refractivity contribution is -0.113. The van der Waals surface area contributed by atoms with Crippen molar-refractivity contribution in [3.63, 3.8) is 0 Å². The number of aromatic nitrogens is 2. The summed E-state index contributed by atoms with van der Waals surface area (Å²) >= 11 is 7.66. The number of carbonyl (C=O) groups is 1. The first-order valence-corrected chi connectivity index (χ1v) is 11.2. The van der Waals surface area contributed by atoms with E-state index in [0.29, 0.717) is 10.7 Å². The predicted octanol–water partition coefficient (Wildman–Crippen LogP) is 5.31. The van der Waals surface area contributed by atoms with Gasteiger partial charge in [-0.1, -0.05) is 47.6 Å². The fourth-order valence-electron chi connectivity index (χ4n) is 3.42. The first-order valence-electron chi connectivity index (χ1n) is 9.81. The SMILES string of the molecule is Cc1ccc(NC(=O)CSc2nc(N3CCCCC3)nc3ccccc23)c(Cl)c1. The predicted molar refractivity (Wildman–Crippen MR) is 121 cm³/mol. The molecule has 5 nitrogen and oxygen atoms in total. The number of aryl methyl sites for hydroxylation is 1. The lowest BCUT2D eigenvalue weighted by Gasteiger charge is -2.27. The highest BCUT2D eigenvalue weighted by Gasteiger charge is 2.17. The van der Waals surface area contributed by atoms with Gasteiger partial charge >= 0.3 is 0 Å². The van der Waals surface area contributed by atoms with E-state index in [9.17, 15) is 4.79 Å². The minimum atomic E-state index is -0.108. The van der Waals surface area contributed by atoms with Gasteiger partial charge in [0.15, 0.2) is 0 Å². The number of amides is 1. The maximum atomic E-state index is 12.5. The molecule has 0 unspecified atom stereocenters. The molecule has 0 radical (unpaired) electrons. The molecular weight excluding hydrogens is 404 g/mol. The third-order valence-electron chi connectivity index (χ3n) is 4.93. The molecule has 1 aromatic heterocycles. The Balaban J connectivity index is 1.52. The molecule has 29 heavy (non-hydrogen) atoms. The van der Waals surface area contributed by atoms with E-state index < -0.39 is 0 Å². The Labute approximate surface area is 179 Å². The molecule has 0 bridgehead atoms. The van der Waals surface area contributed by atoms with E-state index in [1.807, 2.05) is 49.4 Å². The number of thioether (sulfide) groups is 1. The van der Waals surface area contributed by atoms with Crippen molar-refractivity contribution in [3.05, 3.63) is 53.1 Å². The van der Waals surface area contributed by atoms with Crippen LogP contribution >= 0.6 is 23.4 Å². The molecule has 2 heterocycles. The van der Waals surface area contributed by atoms with Gasteiger partial charge in [0, 0.05) is 18.5 Å². The maximum Gasteiger partial charge on any atom is 0.234 e. The fraction of sp³-hybridized carbons (Fsp3) is 0.318. The van der Waals surface area contributed by atoms with Gasteiger partial charge in [0.1, 0.15) is 5.03 Å². The van der Waals surface area contributed by atoms with Gasteiger partial charge in [-0.3, -0.25) is 4.79 Å². The molecule has 4 rings (SSSR count). The highest BCUT2D eigenvalue weighted by molar-refractivity contribution is 8.00. The van der Waals surface area contributed by atoms with Gasteiger partial charge in [-0.05, 0) is 49.9 Å². The van der Waals surface area contributed by atoms with E-state index in [-0.39, 0.29) is 11.7 Å². The summed E-state index contributed by atoms with van der Waals surface area (Å²) in [5.74, 6) is 0.904. The van der Waals surface area contributed by atoms with Gasteiger partial charge in [0.05, 0.1) is 22.0 Å². The summed E-state index contributed by atoms with van der Waals surface area (Å²) in [6, 6.07) is 13.6. The maximum absolute atomic E-state index is 12.5. The molecule has 1 fully saturated rings. The van der Waals surface area contributed by atoms with Gasteiger partial charge in [-0.2, -0.15) is 0 Å². The standard InChI is InChI=1S/C22H23ClN4OS/c1-15-9-10-19(17(23)13-15)24-20(28)14-29-21-16-7-3-4-8-18(16)25-22(26-21)27-11-5-2-6-12-27/h3-4,7-10,13H,2,5-6,11-12,14H2,1H3,(H,24,28). The monoisotopic (exact) mass is 426 g/mol. The van der Waals surface area contributed by atoms with Crippen molar-refractivity contribution in [2.24, 2.45) is 0 Å². The van der Waals surface area contributed by atoms with Crippen molar-refractivity contribution < 1.29 is 4.79 Å². The summed E-state index contributed by atoms with van der Waals surface area (Å²) < 4.78 is 0. The Morgan fingerprint density at radius 2 is 1.93 bits per heavy atom. The van der Waals surface area contributed by atoms with E-state index in [2.05, 4.69) is 10.2 Å². The van der Waals surface area contributed by atoms with Crippen molar-refractivity contribution in [3.8, 4) is 0 Å². The van der Waals surface area contributed by atoms with Gasteiger partial charge in [0.25, 0.3) is 0 Å². The zero-order valence-electron chi connectivity index (χ0n) is 16.3. The fourth-order valence-corrected chi connectivity index (χ4v) is 4.52. The minimum Gasteiger partial charge on any atom is -0.341 e. The number of hydrogen-bond acceptors (Lipinski definition) is 5. The summed E-state index contributed by atoms with van der Waals surface area (Å²) in [7, 11) is 0. The Bertz CT molecular complexity index is 1040. The molecule has 0 saturated carbocycles. The number of para-hydroxylation sites is 1. The highest BCUT2D eigenvalue weighted by Crippen LogP contribution is 2.29. The molecule has 0 aliphatic carbocycles. The number of hydrogen-bond donors (Lipinski definition) is 1. The molecule has 1 aliphatic heterocycles. The smallest absolute Gasteiger partial charge is 0.234 e. The van der Waals surface area contributed by atoms with Crippen molar-refractivity contribution in [1.29, 1.82) is 0 Å². The largest absolute Gasteiger partial charge is 0.341 e. The van der Waals surface area contributed by atoms with Crippen LogP contribution in [0.1, 0.15) is 24.8 Å². The first kappa shape index (κ1) is 20.0. The van der Waals surface area contributed by atoms with Crippen LogP contribution < -0.4 is 10.2 Å². The molecule has 3 aromatic rings. The highest BCUT2D eigenvalue weighted by atomic mass is 35.5. The number of fused-ring (bicyclic) bond motifs is 1. The summed E-state index contributed by atoms with van der Waals surface area (Å²) in [6.45, 7) is 3.93. The van der Waals surface area contributed by atoms with Crippen molar-refractivity contribution in [2.45, 2.75) is 31.2 Å². The summed E-state index contributed by atoms with van der Waals surface area (Å²) in [5.41, 5.74) is 2.59. The Morgan fingerprint density at radius 1 is 1.14 bits per heavy atom. The summed E-state index contributed by atoms with van der Waals surface area (Å²) in [6.07, 6.45) is 3.59. The molecule has 1 amide bonds. The van der Waals surface area contributed by atoms with Crippen LogP contribution in [-0.2, 0) is 4.79 Å². The van der Waals surface area contributed by atoms with E-state index in [0.717, 1.165) is 40.5 Å². The summed E-state index contributed by atoms with van der Waals surface area (Å²) in [4.78, 5) is 24.3. The van der Waals surface area contributed by atoms with Gasteiger partial charge in [-0.15, -0.1) is 0 Å². The average Bonchev–Trinajstić information content (AvgIpc) is 2.74.